The molecular weight excluding hydrogens is 206 g/mol. The smallest absolute Gasteiger partial charge is 0.407 e. The molecule has 0 unspecified atom stereocenters. The molecule has 0 spiro atoms. The van der Waals surface area contributed by atoms with Crippen LogP contribution >= 0.6 is 0 Å². The maximum Gasteiger partial charge on any atom is 0.407 e. The molecule has 1 amide bonds. The van der Waals surface area contributed by atoms with Gasteiger partial charge in [-0.25, -0.2) is 13.2 Å². The van der Waals surface area contributed by atoms with Crippen LogP contribution in [0.15, 0.2) is 0 Å². The first kappa shape index (κ1) is 11.3. The fourth-order valence-electron chi connectivity index (χ4n) is 1.31. The minimum Gasteiger partial charge on any atom is -0.450 e. The van der Waals surface area contributed by atoms with Gasteiger partial charge < -0.3 is 10.1 Å². The van der Waals surface area contributed by atoms with E-state index in [2.05, 4.69) is 5.32 Å². The molecular formula is C8H15NO4S. The molecule has 0 saturated carbocycles. The minimum atomic E-state index is -2.93. The first-order valence-corrected chi connectivity index (χ1v) is 6.49. The van der Waals surface area contributed by atoms with Crippen molar-refractivity contribution in [3.05, 3.63) is 0 Å². The summed E-state index contributed by atoms with van der Waals surface area (Å²) in [6.07, 6.45) is 0.730. The summed E-state index contributed by atoms with van der Waals surface area (Å²) >= 11 is 0. The van der Waals surface area contributed by atoms with Gasteiger partial charge in [-0.15, -0.1) is 0 Å². The van der Waals surface area contributed by atoms with Gasteiger partial charge >= 0.3 is 6.09 Å². The van der Waals surface area contributed by atoms with Gasteiger partial charge in [0.05, 0.1) is 18.1 Å². The second-order valence-corrected chi connectivity index (χ2v) is 5.61. The highest BCUT2D eigenvalue weighted by Crippen LogP contribution is 2.11. The van der Waals surface area contributed by atoms with Gasteiger partial charge in [-0.1, -0.05) is 6.92 Å². The number of ether oxygens (including phenoxy) is 1. The van der Waals surface area contributed by atoms with Crippen molar-refractivity contribution in [1.29, 1.82) is 0 Å². The zero-order chi connectivity index (χ0) is 10.6. The van der Waals surface area contributed by atoms with Crippen LogP contribution in [0.1, 0.15) is 19.8 Å². The van der Waals surface area contributed by atoms with Gasteiger partial charge in [0.2, 0.25) is 0 Å². The monoisotopic (exact) mass is 221 g/mol. The molecule has 1 N–H and O–H groups in total. The lowest BCUT2D eigenvalue weighted by Crippen LogP contribution is -2.36. The summed E-state index contributed by atoms with van der Waals surface area (Å²) in [5, 5.41) is 2.53. The second kappa shape index (κ2) is 4.63. The average molecular weight is 221 g/mol. The van der Waals surface area contributed by atoms with Crippen LogP contribution in [-0.2, 0) is 14.6 Å². The van der Waals surface area contributed by atoms with Crippen molar-refractivity contribution < 1.29 is 17.9 Å². The fourth-order valence-corrected chi connectivity index (χ4v) is 2.99. The number of hydrogen-bond donors (Lipinski definition) is 1. The predicted octanol–water partition coefficient (Wildman–Crippen LogP) is 0.310. The molecule has 1 rings (SSSR count). The second-order valence-electron chi connectivity index (χ2n) is 3.38. The van der Waals surface area contributed by atoms with Gasteiger partial charge in [-0.3, -0.25) is 0 Å². The third-order valence-corrected chi connectivity index (χ3v) is 3.76. The van der Waals surface area contributed by atoms with E-state index in [1.165, 1.54) is 0 Å². The molecule has 1 saturated heterocycles. The van der Waals surface area contributed by atoms with Gasteiger partial charge in [0, 0.05) is 6.04 Å². The molecule has 6 heteroatoms. The number of sulfone groups is 1. The molecule has 1 atom stereocenters. The Balaban J connectivity index is 2.29. The highest BCUT2D eigenvalue weighted by Gasteiger charge is 2.29. The SMILES string of the molecule is CCCOC(=O)N[C@H]1CCS(=O)(=O)C1. The Labute approximate surface area is 83.7 Å². The van der Waals surface area contributed by atoms with Crippen molar-refractivity contribution >= 4 is 15.9 Å². The van der Waals surface area contributed by atoms with Gasteiger partial charge in [-0.2, -0.15) is 0 Å². The standard InChI is InChI=1S/C8H15NO4S/c1-2-4-13-8(10)9-7-3-5-14(11,12)6-7/h7H,2-6H2,1H3,(H,9,10)/t7-/m0/s1. The van der Waals surface area contributed by atoms with Crippen molar-refractivity contribution in [3.8, 4) is 0 Å². The Bertz CT molecular complexity index is 298. The molecule has 5 nitrogen and oxygen atoms in total. The molecule has 82 valence electrons. The molecule has 14 heavy (non-hydrogen) atoms. The van der Waals surface area contributed by atoms with Crippen LogP contribution in [0.4, 0.5) is 4.79 Å². The Morgan fingerprint density at radius 1 is 1.57 bits per heavy atom. The molecule has 0 aromatic heterocycles. The molecule has 1 fully saturated rings. The van der Waals surface area contributed by atoms with Crippen LogP contribution in [-0.4, -0.2) is 38.7 Å². The number of nitrogens with one attached hydrogen (secondary N) is 1. The lowest BCUT2D eigenvalue weighted by atomic mass is 10.3. The zero-order valence-electron chi connectivity index (χ0n) is 8.15. The number of amides is 1. The van der Waals surface area contributed by atoms with Crippen LogP contribution in [0, 0.1) is 0 Å². The molecule has 0 aromatic carbocycles. The lowest BCUT2D eigenvalue weighted by molar-refractivity contribution is 0.143. The molecule has 0 aliphatic carbocycles. The summed E-state index contributed by atoms with van der Waals surface area (Å²) in [6.45, 7) is 2.26. The largest absolute Gasteiger partial charge is 0.450 e. The van der Waals surface area contributed by atoms with E-state index in [0.29, 0.717) is 13.0 Å². The van der Waals surface area contributed by atoms with Crippen LogP contribution in [0.25, 0.3) is 0 Å². The Hall–Kier alpha value is -0.780. The summed E-state index contributed by atoms with van der Waals surface area (Å²) in [5.41, 5.74) is 0. The van der Waals surface area contributed by atoms with E-state index in [9.17, 15) is 13.2 Å². The zero-order valence-corrected chi connectivity index (χ0v) is 8.97. The van der Waals surface area contributed by atoms with Crippen molar-refractivity contribution in [3.63, 3.8) is 0 Å². The third kappa shape index (κ3) is 3.53. The first-order chi connectivity index (χ1) is 6.53. The lowest BCUT2D eigenvalue weighted by Gasteiger charge is -2.10. The molecule has 0 aromatic rings. The van der Waals surface area contributed by atoms with E-state index in [1.54, 1.807) is 0 Å². The van der Waals surface area contributed by atoms with Crippen LogP contribution in [0.2, 0.25) is 0 Å². The van der Waals surface area contributed by atoms with Gasteiger partial charge in [0.1, 0.15) is 0 Å². The number of hydrogen-bond acceptors (Lipinski definition) is 4. The third-order valence-electron chi connectivity index (χ3n) is 1.99. The first-order valence-electron chi connectivity index (χ1n) is 4.67. The van der Waals surface area contributed by atoms with Gasteiger partial charge in [-0.05, 0) is 12.8 Å². The van der Waals surface area contributed by atoms with Crippen LogP contribution < -0.4 is 5.32 Å². The summed E-state index contributed by atoms with van der Waals surface area (Å²) in [6, 6.07) is -0.274. The van der Waals surface area contributed by atoms with Crippen molar-refractivity contribution in [2.75, 3.05) is 18.1 Å². The maximum atomic E-state index is 11.0. The van der Waals surface area contributed by atoms with Crippen molar-refractivity contribution in [1.82, 2.24) is 5.32 Å². The molecule has 0 radical (unpaired) electrons. The normalized spacial score (nSPS) is 24.5. The quantitative estimate of drug-likeness (QED) is 0.744. The van der Waals surface area contributed by atoms with E-state index in [4.69, 9.17) is 4.74 Å². The number of rotatable bonds is 3. The van der Waals surface area contributed by atoms with E-state index in [0.717, 1.165) is 6.42 Å². The number of carbonyl (C=O) groups is 1. The van der Waals surface area contributed by atoms with Crippen molar-refractivity contribution in [2.45, 2.75) is 25.8 Å². The van der Waals surface area contributed by atoms with E-state index >= 15 is 0 Å². The Morgan fingerprint density at radius 2 is 2.29 bits per heavy atom. The predicted molar refractivity (Wildman–Crippen MR) is 51.8 cm³/mol. The molecule has 1 aliphatic rings. The van der Waals surface area contributed by atoms with Gasteiger partial charge in [0.15, 0.2) is 9.84 Å². The Kier molecular flexibility index (Phi) is 3.74. The van der Waals surface area contributed by atoms with Crippen LogP contribution in [0.3, 0.4) is 0 Å². The fraction of sp³-hybridized carbons (Fsp3) is 0.875. The maximum absolute atomic E-state index is 11.0. The van der Waals surface area contributed by atoms with Gasteiger partial charge in [0.25, 0.3) is 0 Å². The number of carbonyl (C=O) groups excluding carboxylic acids is 1. The van der Waals surface area contributed by atoms with E-state index in [1.807, 2.05) is 6.92 Å². The summed E-state index contributed by atoms with van der Waals surface area (Å²) in [7, 11) is -2.93. The summed E-state index contributed by atoms with van der Waals surface area (Å²) in [5.74, 6) is 0.194. The molecule has 0 bridgehead atoms. The summed E-state index contributed by atoms with van der Waals surface area (Å²) < 4.78 is 26.9. The Morgan fingerprint density at radius 3 is 2.79 bits per heavy atom. The highest BCUT2D eigenvalue weighted by atomic mass is 32.2. The van der Waals surface area contributed by atoms with E-state index in [-0.39, 0.29) is 17.5 Å². The van der Waals surface area contributed by atoms with Crippen LogP contribution in [0.5, 0.6) is 0 Å². The number of alkyl carbamates (subject to hydrolysis) is 1. The molecule has 1 aliphatic heterocycles. The highest BCUT2D eigenvalue weighted by molar-refractivity contribution is 7.91. The topological polar surface area (TPSA) is 72.5 Å². The summed E-state index contributed by atoms with van der Waals surface area (Å²) in [4.78, 5) is 11.0. The molecule has 1 heterocycles. The van der Waals surface area contributed by atoms with Crippen molar-refractivity contribution in [2.24, 2.45) is 0 Å². The van der Waals surface area contributed by atoms with E-state index < -0.39 is 15.9 Å². The minimum absolute atomic E-state index is 0.0359. The average Bonchev–Trinajstić information content (AvgIpc) is 2.42.